The highest BCUT2D eigenvalue weighted by Gasteiger charge is 2.15. The van der Waals surface area contributed by atoms with Crippen LogP contribution >= 0.6 is 0 Å². The molecule has 0 unspecified atom stereocenters. The first-order valence-electron chi connectivity index (χ1n) is 5.64. The fraction of sp³-hybridized carbons (Fsp3) is 0.143. The van der Waals surface area contributed by atoms with Crippen LogP contribution < -0.4 is 4.90 Å². The summed E-state index contributed by atoms with van der Waals surface area (Å²) in [5.74, 6) is 0. The molecule has 2 aromatic rings. The van der Waals surface area contributed by atoms with Crippen LogP contribution in [0, 0.1) is 6.92 Å². The van der Waals surface area contributed by atoms with Crippen molar-refractivity contribution in [2.24, 2.45) is 0 Å². The van der Waals surface area contributed by atoms with Gasteiger partial charge in [-0.1, -0.05) is 18.2 Å². The quantitative estimate of drug-likeness (QED) is 0.899. The van der Waals surface area contributed by atoms with E-state index in [2.05, 4.69) is 4.98 Å². The van der Waals surface area contributed by atoms with E-state index in [0.717, 1.165) is 11.3 Å². The van der Waals surface area contributed by atoms with Gasteiger partial charge >= 0.3 is 6.09 Å². The number of aryl methyl sites for hydroxylation is 1. The highest BCUT2D eigenvalue weighted by atomic mass is 16.4. The summed E-state index contributed by atoms with van der Waals surface area (Å²) in [5.41, 5.74) is 2.41. The summed E-state index contributed by atoms with van der Waals surface area (Å²) < 4.78 is 0. The summed E-state index contributed by atoms with van der Waals surface area (Å²) >= 11 is 0. The van der Waals surface area contributed by atoms with Crippen LogP contribution in [0.1, 0.15) is 11.3 Å². The Morgan fingerprint density at radius 2 is 2.11 bits per heavy atom. The average Bonchev–Trinajstić information content (AvgIpc) is 2.37. The Bertz CT molecular complexity index is 541. The monoisotopic (exact) mass is 242 g/mol. The Morgan fingerprint density at radius 3 is 2.72 bits per heavy atom. The molecule has 1 aromatic carbocycles. The number of carbonyl (C=O) groups is 1. The zero-order valence-corrected chi connectivity index (χ0v) is 10.1. The van der Waals surface area contributed by atoms with Crippen molar-refractivity contribution in [1.82, 2.24) is 4.98 Å². The van der Waals surface area contributed by atoms with Gasteiger partial charge in [-0.15, -0.1) is 0 Å². The van der Waals surface area contributed by atoms with Crippen molar-refractivity contribution in [2.75, 3.05) is 4.90 Å². The Labute approximate surface area is 106 Å². The van der Waals surface area contributed by atoms with Crippen LogP contribution in [0.3, 0.4) is 0 Å². The number of hydrogen-bond acceptors (Lipinski definition) is 2. The molecular weight excluding hydrogens is 228 g/mol. The molecule has 1 amide bonds. The molecule has 1 N–H and O–H groups in total. The van der Waals surface area contributed by atoms with Gasteiger partial charge in [-0.2, -0.15) is 0 Å². The lowest BCUT2D eigenvalue weighted by Crippen LogP contribution is -2.28. The minimum atomic E-state index is -0.980. The molecule has 0 aliphatic heterocycles. The maximum absolute atomic E-state index is 11.3. The smallest absolute Gasteiger partial charge is 0.412 e. The zero-order valence-electron chi connectivity index (χ0n) is 10.1. The number of nitrogens with zero attached hydrogens (tertiary/aromatic N) is 2. The van der Waals surface area contributed by atoms with Crippen molar-refractivity contribution in [2.45, 2.75) is 13.5 Å². The number of benzene rings is 1. The largest absolute Gasteiger partial charge is 0.465 e. The van der Waals surface area contributed by atoms with Gasteiger partial charge in [0.2, 0.25) is 0 Å². The minimum absolute atomic E-state index is 0.250. The van der Waals surface area contributed by atoms with Crippen molar-refractivity contribution >= 4 is 11.8 Å². The van der Waals surface area contributed by atoms with Crippen molar-refractivity contribution in [3.05, 3.63) is 59.9 Å². The summed E-state index contributed by atoms with van der Waals surface area (Å²) in [5, 5.41) is 9.28. The third-order valence-electron chi connectivity index (χ3n) is 2.59. The molecule has 2 rings (SSSR count). The van der Waals surface area contributed by atoms with Gasteiger partial charge < -0.3 is 5.11 Å². The predicted molar refractivity (Wildman–Crippen MR) is 69.6 cm³/mol. The number of pyridine rings is 1. The van der Waals surface area contributed by atoms with Crippen molar-refractivity contribution in [3.63, 3.8) is 0 Å². The highest BCUT2D eigenvalue weighted by molar-refractivity contribution is 5.85. The average molecular weight is 242 g/mol. The van der Waals surface area contributed by atoms with Gasteiger partial charge in [0.25, 0.3) is 0 Å². The lowest BCUT2D eigenvalue weighted by atomic mass is 10.2. The van der Waals surface area contributed by atoms with Gasteiger partial charge in [0.1, 0.15) is 0 Å². The van der Waals surface area contributed by atoms with E-state index in [0.29, 0.717) is 5.69 Å². The second kappa shape index (κ2) is 5.31. The Kier molecular flexibility index (Phi) is 3.57. The molecule has 0 atom stereocenters. The van der Waals surface area contributed by atoms with Crippen LogP contribution in [0.15, 0.2) is 48.7 Å². The maximum Gasteiger partial charge on any atom is 0.412 e. The van der Waals surface area contributed by atoms with E-state index in [-0.39, 0.29) is 6.54 Å². The fourth-order valence-electron chi connectivity index (χ4n) is 1.72. The lowest BCUT2D eigenvalue weighted by molar-refractivity contribution is 0.201. The molecule has 0 bridgehead atoms. The third kappa shape index (κ3) is 2.85. The molecule has 4 heteroatoms. The molecule has 1 aromatic heterocycles. The number of rotatable bonds is 3. The van der Waals surface area contributed by atoms with Crippen LogP contribution in [0.2, 0.25) is 0 Å². The van der Waals surface area contributed by atoms with Gasteiger partial charge in [-0.05, 0) is 36.8 Å². The number of aromatic nitrogens is 1. The van der Waals surface area contributed by atoms with E-state index in [1.807, 2.05) is 37.3 Å². The Morgan fingerprint density at radius 1 is 1.28 bits per heavy atom. The second-order valence-electron chi connectivity index (χ2n) is 4.03. The van der Waals surface area contributed by atoms with E-state index < -0.39 is 6.09 Å². The van der Waals surface area contributed by atoms with Crippen molar-refractivity contribution in [1.29, 1.82) is 0 Å². The predicted octanol–water partition coefficient (Wildman–Crippen LogP) is 3.07. The number of carboxylic acid groups (broad SMARTS) is 1. The van der Waals surface area contributed by atoms with Crippen LogP contribution in [0.5, 0.6) is 0 Å². The van der Waals surface area contributed by atoms with Crippen molar-refractivity contribution in [3.8, 4) is 0 Å². The van der Waals surface area contributed by atoms with Gasteiger partial charge in [0.15, 0.2) is 0 Å². The van der Waals surface area contributed by atoms with E-state index in [9.17, 15) is 9.90 Å². The first-order valence-corrected chi connectivity index (χ1v) is 5.64. The van der Waals surface area contributed by atoms with E-state index in [1.165, 1.54) is 4.90 Å². The lowest BCUT2D eigenvalue weighted by Gasteiger charge is -2.19. The molecule has 4 nitrogen and oxygen atoms in total. The molecule has 92 valence electrons. The first kappa shape index (κ1) is 12.1. The van der Waals surface area contributed by atoms with Crippen LogP contribution in [-0.2, 0) is 6.54 Å². The number of anilines is 1. The van der Waals surface area contributed by atoms with Crippen molar-refractivity contribution < 1.29 is 9.90 Å². The number of hydrogen-bond donors (Lipinski definition) is 1. The van der Waals surface area contributed by atoms with E-state index in [1.54, 1.807) is 18.3 Å². The summed E-state index contributed by atoms with van der Waals surface area (Å²) in [6.07, 6.45) is 0.678. The maximum atomic E-state index is 11.3. The first-order chi connectivity index (χ1) is 8.66. The third-order valence-corrected chi connectivity index (χ3v) is 2.59. The van der Waals surface area contributed by atoms with Crippen LogP contribution in [-0.4, -0.2) is 16.2 Å². The Hall–Kier alpha value is -2.36. The highest BCUT2D eigenvalue weighted by Crippen LogP contribution is 2.18. The van der Waals surface area contributed by atoms with Gasteiger partial charge in [0.05, 0.1) is 12.2 Å². The van der Waals surface area contributed by atoms with Gasteiger partial charge in [0, 0.05) is 11.9 Å². The standard InChI is InChI=1S/C14H14N2O2/c1-11-5-4-7-13(9-11)16(14(17)18)10-12-6-2-3-8-15-12/h2-9H,10H2,1H3,(H,17,18). The fourth-order valence-corrected chi connectivity index (χ4v) is 1.72. The topological polar surface area (TPSA) is 53.4 Å². The summed E-state index contributed by atoms with van der Waals surface area (Å²) in [6.45, 7) is 2.18. The van der Waals surface area contributed by atoms with Gasteiger partial charge in [-0.3, -0.25) is 9.88 Å². The molecule has 0 saturated heterocycles. The second-order valence-corrected chi connectivity index (χ2v) is 4.03. The summed E-state index contributed by atoms with van der Waals surface area (Å²) in [7, 11) is 0. The molecule has 0 aliphatic rings. The minimum Gasteiger partial charge on any atom is -0.465 e. The molecule has 0 spiro atoms. The van der Waals surface area contributed by atoms with Crippen LogP contribution in [0.4, 0.5) is 10.5 Å². The normalized spacial score (nSPS) is 10.1. The zero-order chi connectivity index (χ0) is 13.0. The van der Waals surface area contributed by atoms with Crippen LogP contribution in [0.25, 0.3) is 0 Å². The summed E-state index contributed by atoms with van der Waals surface area (Å²) in [4.78, 5) is 16.7. The number of amides is 1. The molecule has 0 aliphatic carbocycles. The molecule has 0 saturated carbocycles. The Balaban J connectivity index is 2.27. The molecular formula is C14H14N2O2. The van der Waals surface area contributed by atoms with E-state index in [4.69, 9.17) is 0 Å². The molecule has 0 fully saturated rings. The molecule has 0 radical (unpaired) electrons. The van der Waals surface area contributed by atoms with E-state index >= 15 is 0 Å². The summed E-state index contributed by atoms with van der Waals surface area (Å²) in [6, 6.07) is 12.9. The molecule has 18 heavy (non-hydrogen) atoms. The molecule has 1 heterocycles. The SMILES string of the molecule is Cc1cccc(N(Cc2ccccn2)C(=O)O)c1. The van der Waals surface area contributed by atoms with Gasteiger partial charge in [-0.25, -0.2) is 4.79 Å².